The van der Waals surface area contributed by atoms with Gasteiger partial charge in [-0.2, -0.15) is 0 Å². The first-order chi connectivity index (χ1) is 7.38. The zero-order valence-electron chi connectivity index (χ0n) is 9.58. The van der Waals surface area contributed by atoms with Gasteiger partial charge in [-0.3, -0.25) is 4.90 Å². The Balaban J connectivity index is 2.03. The number of methoxy groups -OCH3 is 1. The van der Waals surface area contributed by atoms with Gasteiger partial charge < -0.3 is 9.47 Å². The van der Waals surface area contributed by atoms with Crippen LogP contribution in [0.25, 0.3) is 0 Å². The normalized spacial score (nSPS) is 17.0. The van der Waals surface area contributed by atoms with Crippen LogP contribution in [-0.2, 0) is 9.47 Å². The molecule has 1 aliphatic rings. The van der Waals surface area contributed by atoms with Crippen LogP contribution >= 0.6 is 15.9 Å². The number of nitrogens with zero attached hydrogens (tertiary/aromatic N) is 1. The number of hydrogen-bond donors (Lipinski definition) is 0. The minimum Gasteiger partial charge on any atom is -0.382 e. The molecule has 0 atom stereocenters. The van der Waals surface area contributed by atoms with E-state index in [-0.39, 0.29) is 0 Å². The summed E-state index contributed by atoms with van der Waals surface area (Å²) in [7, 11) is 1.70. The Morgan fingerprint density at radius 2 is 2.00 bits per heavy atom. The molecule has 0 aromatic carbocycles. The summed E-state index contributed by atoms with van der Waals surface area (Å²) in [6.07, 6.45) is 4.13. The topological polar surface area (TPSA) is 21.7 Å². The second kappa shape index (κ2) is 8.50. The Bertz CT molecular complexity index is 154. The van der Waals surface area contributed by atoms with Gasteiger partial charge in [0.2, 0.25) is 0 Å². The lowest BCUT2D eigenvalue weighted by Gasteiger charge is -2.37. The molecule has 0 N–H and O–H groups in total. The van der Waals surface area contributed by atoms with E-state index in [1.807, 2.05) is 0 Å². The minimum atomic E-state index is 0.696. The number of halogens is 1. The minimum absolute atomic E-state index is 0.696. The van der Waals surface area contributed by atoms with E-state index in [9.17, 15) is 0 Å². The molecular formula is C11H22BrNO2. The Morgan fingerprint density at radius 3 is 2.53 bits per heavy atom. The molecule has 0 aromatic heterocycles. The van der Waals surface area contributed by atoms with Crippen LogP contribution in [0.2, 0.25) is 0 Å². The first kappa shape index (κ1) is 13.4. The van der Waals surface area contributed by atoms with Crippen molar-refractivity contribution in [3.8, 4) is 0 Å². The fourth-order valence-electron chi connectivity index (χ4n) is 1.76. The first-order valence-corrected chi connectivity index (χ1v) is 6.87. The molecule has 1 saturated carbocycles. The van der Waals surface area contributed by atoms with E-state index >= 15 is 0 Å². The maximum Gasteiger partial charge on any atom is 0.0700 e. The molecule has 0 aromatic rings. The smallest absolute Gasteiger partial charge is 0.0700 e. The maximum absolute atomic E-state index is 5.49. The van der Waals surface area contributed by atoms with Crippen molar-refractivity contribution in [1.29, 1.82) is 0 Å². The molecule has 15 heavy (non-hydrogen) atoms. The molecule has 0 bridgehead atoms. The van der Waals surface area contributed by atoms with Crippen LogP contribution < -0.4 is 0 Å². The van der Waals surface area contributed by atoms with Crippen LogP contribution in [0.5, 0.6) is 0 Å². The van der Waals surface area contributed by atoms with Crippen molar-refractivity contribution < 1.29 is 9.47 Å². The van der Waals surface area contributed by atoms with Crippen LogP contribution in [0.4, 0.5) is 0 Å². The van der Waals surface area contributed by atoms with E-state index in [0.29, 0.717) is 13.2 Å². The molecule has 0 aliphatic heterocycles. The fraction of sp³-hybridized carbons (Fsp3) is 1.00. The highest BCUT2D eigenvalue weighted by Gasteiger charge is 2.23. The summed E-state index contributed by atoms with van der Waals surface area (Å²) in [5, 5.41) is 1.06. The van der Waals surface area contributed by atoms with Crippen LogP contribution in [0.1, 0.15) is 19.3 Å². The lowest BCUT2D eigenvalue weighted by atomic mass is 9.91. The van der Waals surface area contributed by atoms with Crippen molar-refractivity contribution >= 4 is 15.9 Å². The molecule has 90 valence electrons. The van der Waals surface area contributed by atoms with Gasteiger partial charge in [0.1, 0.15) is 0 Å². The highest BCUT2D eigenvalue weighted by molar-refractivity contribution is 9.09. The molecule has 0 saturated heterocycles. The molecule has 0 radical (unpaired) electrons. The van der Waals surface area contributed by atoms with Crippen LogP contribution in [0.3, 0.4) is 0 Å². The van der Waals surface area contributed by atoms with Gasteiger partial charge in [0.25, 0.3) is 0 Å². The van der Waals surface area contributed by atoms with Gasteiger partial charge in [-0.1, -0.05) is 22.4 Å². The Morgan fingerprint density at radius 1 is 1.20 bits per heavy atom. The molecule has 4 heteroatoms. The van der Waals surface area contributed by atoms with Gasteiger partial charge in [0.05, 0.1) is 19.8 Å². The SMILES string of the molecule is COCCOCCN(CCBr)C1CCC1. The molecule has 1 aliphatic carbocycles. The van der Waals surface area contributed by atoms with E-state index in [1.165, 1.54) is 19.3 Å². The van der Waals surface area contributed by atoms with Crippen molar-refractivity contribution in [3.05, 3.63) is 0 Å². The summed E-state index contributed by atoms with van der Waals surface area (Å²) in [4.78, 5) is 2.53. The van der Waals surface area contributed by atoms with Crippen LogP contribution in [-0.4, -0.2) is 56.3 Å². The van der Waals surface area contributed by atoms with E-state index < -0.39 is 0 Å². The summed E-state index contributed by atoms with van der Waals surface area (Å²) in [6, 6.07) is 0.813. The third kappa shape index (κ3) is 5.29. The predicted molar refractivity (Wildman–Crippen MR) is 65.7 cm³/mol. The Kier molecular flexibility index (Phi) is 7.61. The number of hydrogen-bond acceptors (Lipinski definition) is 3. The van der Waals surface area contributed by atoms with E-state index in [2.05, 4.69) is 20.8 Å². The van der Waals surface area contributed by atoms with Crippen molar-refractivity contribution in [2.24, 2.45) is 0 Å². The number of rotatable bonds is 9. The second-order valence-electron chi connectivity index (χ2n) is 3.91. The Hall–Kier alpha value is 0.360. The molecule has 1 fully saturated rings. The van der Waals surface area contributed by atoms with Gasteiger partial charge in [0.15, 0.2) is 0 Å². The van der Waals surface area contributed by atoms with Crippen molar-refractivity contribution in [3.63, 3.8) is 0 Å². The number of ether oxygens (including phenoxy) is 2. The molecular weight excluding hydrogens is 258 g/mol. The quantitative estimate of drug-likeness (QED) is 0.475. The van der Waals surface area contributed by atoms with Crippen molar-refractivity contribution in [1.82, 2.24) is 4.90 Å². The molecule has 0 unspecified atom stereocenters. The van der Waals surface area contributed by atoms with E-state index in [0.717, 1.165) is 31.1 Å². The van der Waals surface area contributed by atoms with Gasteiger partial charge in [0, 0.05) is 31.6 Å². The molecule has 1 rings (SSSR count). The lowest BCUT2D eigenvalue weighted by Crippen LogP contribution is -2.43. The van der Waals surface area contributed by atoms with Crippen LogP contribution in [0.15, 0.2) is 0 Å². The summed E-state index contributed by atoms with van der Waals surface area (Å²) in [6.45, 7) is 4.43. The first-order valence-electron chi connectivity index (χ1n) is 5.75. The van der Waals surface area contributed by atoms with E-state index in [4.69, 9.17) is 9.47 Å². The fourth-order valence-corrected chi connectivity index (χ4v) is 2.22. The summed E-state index contributed by atoms with van der Waals surface area (Å²) in [5.41, 5.74) is 0. The Labute approximate surface area is 101 Å². The van der Waals surface area contributed by atoms with Gasteiger partial charge in [-0.05, 0) is 12.8 Å². The molecule has 0 spiro atoms. The molecule has 0 amide bonds. The third-order valence-corrected chi connectivity index (χ3v) is 3.27. The standard InChI is InChI=1S/C11H22BrNO2/c1-14-9-10-15-8-7-13(6-5-12)11-3-2-4-11/h11H,2-10H2,1H3. The third-order valence-electron chi connectivity index (χ3n) is 2.92. The second-order valence-corrected chi connectivity index (χ2v) is 4.71. The number of alkyl halides is 1. The summed E-state index contributed by atoms with van der Waals surface area (Å²) >= 11 is 3.50. The van der Waals surface area contributed by atoms with Crippen molar-refractivity contribution in [2.75, 3.05) is 45.4 Å². The van der Waals surface area contributed by atoms with Gasteiger partial charge in [-0.25, -0.2) is 0 Å². The highest BCUT2D eigenvalue weighted by Crippen LogP contribution is 2.24. The monoisotopic (exact) mass is 279 g/mol. The largest absolute Gasteiger partial charge is 0.382 e. The predicted octanol–water partition coefficient (Wildman–Crippen LogP) is 1.90. The van der Waals surface area contributed by atoms with Gasteiger partial charge in [-0.15, -0.1) is 0 Å². The van der Waals surface area contributed by atoms with Crippen LogP contribution in [0, 0.1) is 0 Å². The summed E-state index contributed by atoms with van der Waals surface area (Å²) < 4.78 is 10.4. The highest BCUT2D eigenvalue weighted by atomic mass is 79.9. The van der Waals surface area contributed by atoms with Gasteiger partial charge >= 0.3 is 0 Å². The zero-order chi connectivity index (χ0) is 10.9. The van der Waals surface area contributed by atoms with E-state index in [1.54, 1.807) is 7.11 Å². The zero-order valence-corrected chi connectivity index (χ0v) is 11.2. The summed E-state index contributed by atoms with van der Waals surface area (Å²) in [5.74, 6) is 0. The average molecular weight is 280 g/mol. The molecule has 3 nitrogen and oxygen atoms in total. The van der Waals surface area contributed by atoms with Crippen molar-refractivity contribution in [2.45, 2.75) is 25.3 Å². The molecule has 0 heterocycles. The lowest BCUT2D eigenvalue weighted by molar-refractivity contribution is 0.0410. The maximum atomic E-state index is 5.49. The average Bonchev–Trinajstić information content (AvgIpc) is 2.15.